The van der Waals surface area contributed by atoms with Gasteiger partial charge < -0.3 is 5.32 Å². The van der Waals surface area contributed by atoms with Crippen LogP contribution in [0.1, 0.15) is 33.2 Å². The fourth-order valence-corrected chi connectivity index (χ4v) is 4.38. The Morgan fingerprint density at radius 1 is 1.04 bits per heavy atom. The smallest absolute Gasteiger partial charge is 0.0702 e. The molecule has 1 aromatic heterocycles. The Bertz CT molecular complexity index is 584. The third-order valence-corrected chi connectivity index (χ3v) is 5.27. The summed E-state index contributed by atoms with van der Waals surface area (Å²) < 4.78 is 0. The quantitative estimate of drug-likeness (QED) is 0.852. The van der Waals surface area contributed by atoms with Crippen molar-refractivity contribution in [2.75, 3.05) is 26.2 Å². The second-order valence-electron chi connectivity index (χ2n) is 6.02. The van der Waals surface area contributed by atoms with Crippen molar-refractivity contribution in [1.29, 1.82) is 0 Å². The lowest BCUT2D eigenvalue weighted by atomic mass is 9.92. The van der Waals surface area contributed by atoms with E-state index in [9.17, 15) is 0 Å². The van der Waals surface area contributed by atoms with Gasteiger partial charge in [-0.1, -0.05) is 23.8 Å². The Hall–Kier alpha value is -0.580. The van der Waals surface area contributed by atoms with E-state index in [1.54, 1.807) is 0 Å². The number of hydrogen-bond donors (Lipinski definition) is 1. The van der Waals surface area contributed by atoms with E-state index in [2.05, 4.69) is 60.6 Å². The lowest BCUT2D eigenvalue weighted by molar-refractivity contribution is 0.200. The van der Waals surface area contributed by atoms with E-state index in [1.165, 1.54) is 27.1 Å². The summed E-state index contributed by atoms with van der Waals surface area (Å²) in [5.41, 5.74) is 5.71. The minimum Gasteiger partial charge on any atom is -0.314 e. The van der Waals surface area contributed by atoms with E-state index in [0.29, 0.717) is 6.04 Å². The number of nitrogens with zero attached hydrogens (tertiary/aromatic N) is 1. The lowest BCUT2D eigenvalue weighted by Gasteiger charge is -2.36. The summed E-state index contributed by atoms with van der Waals surface area (Å²) in [6.45, 7) is 11.1. The van der Waals surface area contributed by atoms with E-state index in [4.69, 9.17) is 0 Å². The van der Waals surface area contributed by atoms with Crippen molar-refractivity contribution in [2.24, 2.45) is 0 Å². The molecule has 1 aromatic carbocycles. The molecule has 0 saturated carbocycles. The molecule has 0 radical (unpaired) electrons. The van der Waals surface area contributed by atoms with Crippen LogP contribution in [0, 0.1) is 20.8 Å². The summed E-state index contributed by atoms with van der Waals surface area (Å²) in [6, 6.07) is 9.52. The summed E-state index contributed by atoms with van der Waals surface area (Å²) in [6.07, 6.45) is 0. The molecule has 3 rings (SSSR count). The molecule has 2 nitrogen and oxygen atoms in total. The molecule has 2 aromatic rings. The second-order valence-corrected chi connectivity index (χ2v) is 7.00. The summed E-state index contributed by atoms with van der Waals surface area (Å²) in [7, 11) is 0. The average molecular weight is 373 g/mol. The summed E-state index contributed by atoms with van der Waals surface area (Å²) in [4.78, 5) is 4.10. The number of aryl methyl sites for hydroxylation is 3. The van der Waals surface area contributed by atoms with Crippen molar-refractivity contribution < 1.29 is 0 Å². The van der Waals surface area contributed by atoms with Crippen molar-refractivity contribution in [3.8, 4) is 0 Å². The summed E-state index contributed by atoms with van der Waals surface area (Å²) in [5.74, 6) is 0. The molecule has 1 aliphatic rings. The van der Waals surface area contributed by atoms with Crippen molar-refractivity contribution in [3.63, 3.8) is 0 Å². The molecule has 0 amide bonds. The van der Waals surface area contributed by atoms with Gasteiger partial charge in [0.1, 0.15) is 0 Å². The normalized spacial score (nSPS) is 16.3. The number of benzene rings is 1. The molecule has 0 aliphatic carbocycles. The minimum atomic E-state index is 0. The molecule has 23 heavy (non-hydrogen) atoms. The highest BCUT2D eigenvalue weighted by Gasteiger charge is 2.27. The molecule has 1 N–H and O–H groups in total. The standard InChI is InChI=1S/C18H24N2S.2ClH/c1-13-11-14(2)17(15(3)12-13)18(16-5-4-10-21-16)20-8-6-19-7-9-20;;/h4-5,10-12,18-19H,6-9H2,1-3H3;2*1H/t18-;;/m0../s1. The third kappa shape index (κ3) is 4.49. The van der Waals surface area contributed by atoms with Crippen LogP contribution in [-0.2, 0) is 0 Å². The molecule has 1 atom stereocenters. The van der Waals surface area contributed by atoms with Crippen molar-refractivity contribution in [3.05, 3.63) is 56.8 Å². The van der Waals surface area contributed by atoms with E-state index in [-0.39, 0.29) is 24.8 Å². The Labute approximate surface area is 156 Å². The molecule has 1 saturated heterocycles. The number of rotatable bonds is 3. The molecule has 5 heteroatoms. The summed E-state index contributed by atoms with van der Waals surface area (Å²) in [5, 5.41) is 5.66. The third-order valence-electron chi connectivity index (χ3n) is 4.34. The maximum absolute atomic E-state index is 3.47. The van der Waals surface area contributed by atoms with E-state index in [0.717, 1.165) is 26.2 Å². The second kappa shape index (κ2) is 9.05. The predicted molar refractivity (Wildman–Crippen MR) is 106 cm³/mol. The minimum absolute atomic E-state index is 0. The molecule has 1 aliphatic heterocycles. The SMILES string of the molecule is Cc1cc(C)c([C@H](c2cccs2)N2CCNCC2)c(C)c1.Cl.Cl. The number of hydrogen-bond acceptors (Lipinski definition) is 3. The lowest BCUT2D eigenvalue weighted by Crippen LogP contribution is -2.45. The topological polar surface area (TPSA) is 15.3 Å². The highest BCUT2D eigenvalue weighted by atomic mass is 35.5. The number of nitrogens with one attached hydrogen (secondary N) is 1. The van der Waals surface area contributed by atoms with Crippen LogP contribution in [0.2, 0.25) is 0 Å². The highest BCUT2D eigenvalue weighted by molar-refractivity contribution is 7.10. The molecule has 1 fully saturated rings. The van der Waals surface area contributed by atoms with Gasteiger partial charge in [-0.15, -0.1) is 36.2 Å². The van der Waals surface area contributed by atoms with Crippen molar-refractivity contribution in [1.82, 2.24) is 10.2 Å². The monoisotopic (exact) mass is 372 g/mol. The highest BCUT2D eigenvalue weighted by Crippen LogP contribution is 2.36. The van der Waals surface area contributed by atoms with Crippen LogP contribution in [0.15, 0.2) is 29.6 Å². The van der Waals surface area contributed by atoms with Crippen LogP contribution in [-0.4, -0.2) is 31.1 Å². The fraction of sp³-hybridized carbons (Fsp3) is 0.444. The van der Waals surface area contributed by atoms with Gasteiger partial charge in [-0.3, -0.25) is 4.90 Å². The van der Waals surface area contributed by atoms with Gasteiger partial charge in [0.15, 0.2) is 0 Å². The molecule has 2 heterocycles. The predicted octanol–water partition coefficient (Wildman–Crippen LogP) is 4.51. The van der Waals surface area contributed by atoms with E-state index < -0.39 is 0 Å². The largest absolute Gasteiger partial charge is 0.314 e. The van der Waals surface area contributed by atoms with Crippen LogP contribution < -0.4 is 5.32 Å². The zero-order valence-electron chi connectivity index (χ0n) is 14.0. The van der Waals surface area contributed by atoms with Crippen LogP contribution >= 0.6 is 36.2 Å². The molecular formula is C18H26Cl2N2S. The first kappa shape index (κ1) is 20.5. The first-order chi connectivity index (χ1) is 10.2. The van der Waals surface area contributed by atoms with Gasteiger partial charge in [-0.2, -0.15) is 0 Å². The number of halogens is 2. The Kier molecular flexibility index (Phi) is 8.05. The molecular weight excluding hydrogens is 347 g/mol. The van der Waals surface area contributed by atoms with Crippen LogP contribution in [0.25, 0.3) is 0 Å². The molecule has 0 spiro atoms. The Balaban J connectivity index is 0.00000132. The number of thiophene rings is 1. The molecule has 0 bridgehead atoms. The first-order valence-corrected chi connectivity index (χ1v) is 8.60. The Morgan fingerprint density at radius 2 is 1.65 bits per heavy atom. The van der Waals surface area contributed by atoms with Crippen molar-refractivity contribution in [2.45, 2.75) is 26.8 Å². The van der Waals surface area contributed by atoms with Crippen LogP contribution in [0.5, 0.6) is 0 Å². The van der Waals surface area contributed by atoms with Gasteiger partial charge in [-0.05, 0) is 48.9 Å². The Morgan fingerprint density at radius 3 is 2.17 bits per heavy atom. The van der Waals surface area contributed by atoms with E-state index >= 15 is 0 Å². The van der Waals surface area contributed by atoms with Gasteiger partial charge in [0.05, 0.1) is 6.04 Å². The van der Waals surface area contributed by atoms with Gasteiger partial charge in [-0.25, -0.2) is 0 Å². The fourth-order valence-electron chi connectivity index (χ4n) is 3.51. The molecule has 128 valence electrons. The van der Waals surface area contributed by atoms with Gasteiger partial charge >= 0.3 is 0 Å². The van der Waals surface area contributed by atoms with E-state index in [1.807, 2.05) is 11.3 Å². The zero-order chi connectivity index (χ0) is 14.8. The van der Waals surface area contributed by atoms with Gasteiger partial charge in [0.2, 0.25) is 0 Å². The van der Waals surface area contributed by atoms with Gasteiger partial charge in [0, 0.05) is 31.1 Å². The van der Waals surface area contributed by atoms with Crippen molar-refractivity contribution >= 4 is 36.2 Å². The maximum Gasteiger partial charge on any atom is 0.0702 e. The first-order valence-electron chi connectivity index (χ1n) is 7.72. The number of piperazine rings is 1. The maximum atomic E-state index is 3.47. The zero-order valence-corrected chi connectivity index (χ0v) is 16.4. The average Bonchev–Trinajstić information content (AvgIpc) is 2.97. The summed E-state index contributed by atoms with van der Waals surface area (Å²) >= 11 is 1.88. The van der Waals surface area contributed by atoms with Crippen LogP contribution in [0.3, 0.4) is 0 Å². The van der Waals surface area contributed by atoms with Gasteiger partial charge in [0.25, 0.3) is 0 Å². The van der Waals surface area contributed by atoms with Crippen LogP contribution in [0.4, 0.5) is 0 Å². The molecule has 0 unspecified atom stereocenters.